The van der Waals surface area contributed by atoms with E-state index in [1.807, 2.05) is 6.07 Å². The molecule has 0 radical (unpaired) electrons. The Balaban J connectivity index is 2.60. The van der Waals surface area contributed by atoms with E-state index >= 15 is 0 Å². The lowest BCUT2D eigenvalue weighted by Gasteiger charge is -2.17. The Labute approximate surface area is 96.6 Å². The monoisotopic (exact) mass is 224 g/mol. The quantitative estimate of drug-likeness (QED) is 0.739. The van der Waals surface area contributed by atoms with Gasteiger partial charge in [0.1, 0.15) is 5.82 Å². The summed E-state index contributed by atoms with van der Waals surface area (Å²) in [7, 11) is 3.52. The van der Waals surface area contributed by atoms with E-state index in [-0.39, 0.29) is 0 Å². The minimum Gasteiger partial charge on any atom is -0.383 e. The van der Waals surface area contributed by atoms with E-state index in [0.717, 1.165) is 18.7 Å². The standard InChI is InChI=1S/C11H20N4O/c1-4-5-9(8-16-3)14-10-6-7-13-11(12-2)15-10/h6-7,9H,4-5,8H2,1-3H3,(H2,12,13,14,15). The zero-order valence-electron chi connectivity index (χ0n) is 10.2. The molecule has 1 rings (SSSR count). The van der Waals surface area contributed by atoms with E-state index in [1.165, 1.54) is 0 Å². The van der Waals surface area contributed by atoms with Crippen LogP contribution in [0, 0.1) is 0 Å². The number of aromatic nitrogens is 2. The van der Waals surface area contributed by atoms with E-state index in [2.05, 4.69) is 27.5 Å². The van der Waals surface area contributed by atoms with Crippen molar-refractivity contribution in [3.8, 4) is 0 Å². The molecule has 5 nitrogen and oxygen atoms in total. The molecule has 1 heterocycles. The number of ether oxygens (including phenoxy) is 1. The predicted octanol–water partition coefficient (Wildman–Crippen LogP) is 1.75. The molecule has 5 heteroatoms. The molecular formula is C11H20N4O. The Morgan fingerprint density at radius 1 is 1.50 bits per heavy atom. The summed E-state index contributed by atoms with van der Waals surface area (Å²) in [5, 5.41) is 6.25. The molecule has 1 aromatic rings. The smallest absolute Gasteiger partial charge is 0.224 e. The molecule has 1 aromatic heterocycles. The van der Waals surface area contributed by atoms with Crippen molar-refractivity contribution in [2.24, 2.45) is 0 Å². The van der Waals surface area contributed by atoms with Crippen LogP contribution in [0.4, 0.5) is 11.8 Å². The van der Waals surface area contributed by atoms with Crippen molar-refractivity contribution in [3.05, 3.63) is 12.3 Å². The van der Waals surface area contributed by atoms with Gasteiger partial charge in [-0.1, -0.05) is 13.3 Å². The van der Waals surface area contributed by atoms with E-state index in [9.17, 15) is 0 Å². The van der Waals surface area contributed by atoms with Gasteiger partial charge in [0.25, 0.3) is 0 Å². The molecule has 0 aliphatic heterocycles. The van der Waals surface area contributed by atoms with Gasteiger partial charge in [0.05, 0.1) is 12.6 Å². The maximum atomic E-state index is 5.16. The van der Waals surface area contributed by atoms with Gasteiger partial charge in [-0.2, -0.15) is 4.98 Å². The van der Waals surface area contributed by atoms with Crippen LogP contribution in [0.5, 0.6) is 0 Å². The van der Waals surface area contributed by atoms with Crippen LogP contribution in [0.3, 0.4) is 0 Å². The lowest BCUT2D eigenvalue weighted by molar-refractivity contribution is 0.182. The van der Waals surface area contributed by atoms with Crippen molar-refractivity contribution < 1.29 is 4.74 Å². The SMILES string of the molecule is CCCC(COC)Nc1ccnc(NC)n1. The van der Waals surface area contributed by atoms with Crippen LogP contribution in [0.25, 0.3) is 0 Å². The molecule has 2 N–H and O–H groups in total. The van der Waals surface area contributed by atoms with Crippen LogP contribution in [0.15, 0.2) is 12.3 Å². The summed E-state index contributed by atoms with van der Waals surface area (Å²) in [6.07, 6.45) is 3.91. The molecule has 0 bridgehead atoms. The topological polar surface area (TPSA) is 59.1 Å². The first kappa shape index (κ1) is 12.7. The second kappa shape index (κ2) is 7.00. The predicted molar refractivity (Wildman–Crippen MR) is 65.8 cm³/mol. The van der Waals surface area contributed by atoms with E-state index < -0.39 is 0 Å². The number of anilines is 2. The van der Waals surface area contributed by atoms with Gasteiger partial charge in [0.2, 0.25) is 5.95 Å². The first-order valence-electron chi connectivity index (χ1n) is 5.56. The molecule has 1 atom stereocenters. The van der Waals surface area contributed by atoms with Crippen LogP contribution in [0.1, 0.15) is 19.8 Å². The summed E-state index contributed by atoms with van der Waals surface area (Å²) in [6.45, 7) is 2.84. The first-order chi connectivity index (χ1) is 7.80. The number of rotatable bonds is 7. The Kier molecular flexibility index (Phi) is 5.56. The van der Waals surface area contributed by atoms with Crippen molar-refractivity contribution in [3.63, 3.8) is 0 Å². The van der Waals surface area contributed by atoms with E-state index in [4.69, 9.17) is 4.74 Å². The fourth-order valence-corrected chi connectivity index (χ4v) is 1.52. The van der Waals surface area contributed by atoms with Gasteiger partial charge < -0.3 is 15.4 Å². The van der Waals surface area contributed by atoms with Gasteiger partial charge in [0, 0.05) is 20.4 Å². The van der Waals surface area contributed by atoms with Crippen LogP contribution < -0.4 is 10.6 Å². The Morgan fingerprint density at radius 3 is 2.94 bits per heavy atom. The zero-order valence-corrected chi connectivity index (χ0v) is 10.2. The molecule has 0 saturated carbocycles. The highest BCUT2D eigenvalue weighted by Gasteiger charge is 2.08. The summed E-state index contributed by atoms with van der Waals surface area (Å²) < 4.78 is 5.16. The minimum absolute atomic E-state index is 0.301. The maximum Gasteiger partial charge on any atom is 0.224 e. The van der Waals surface area contributed by atoms with E-state index in [0.29, 0.717) is 18.6 Å². The molecular weight excluding hydrogens is 204 g/mol. The van der Waals surface area contributed by atoms with Crippen molar-refractivity contribution in [2.75, 3.05) is 31.4 Å². The van der Waals surface area contributed by atoms with Crippen LogP contribution in [-0.4, -0.2) is 36.8 Å². The highest BCUT2D eigenvalue weighted by Crippen LogP contribution is 2.09. The fraction of sp³-hybridized carbons (Fsp3) is 0.636. The highest BCUT2D eigenvalue weighted by molar-refractivity contribution is 5.39. The molecule has 0 aromatic carbocycles. The number of nitrogens with zero attached hydrogens (tertiary/aromatic N) is 2. The highest BCUT2D eigenvalue weighted by atomic mass is 16.5. The first-order valence-corrected chi connectivity index (χ1v) is 5.56. The molecule has 0 amide bonds. The summed E-state index contributed by atoms with van der Waals surface area (Å²) in [5.41, 5.74) is 0. The lowest BCUT2D eigenvalue weighted by Crippen LogP contribution is -2.25. The van der Waals surface area contributed by atoms with Gasteiger partial charge in [-0.25, -0.2) is 4.98 Å². The van der Waals surface area contributed by atoms with Crippen LogP contribution in [-0.2, 0) is 4.74 Å². The number of hydrogen-bond donors (Lipinski definition) is 2. The van der Waals surface area contributed by atoms with Crippen LogP contribution >= 0.6 is 0 Å². The molecule has 0 aliphatic carbocycles. The van der Waals surface area contributed by atoms with Gasteiger partial charge in [-0.05, 0) is 12.5 Å². The third-order valence-corrected chi connectivity index (χ3v) is 2.24. The van der Waals surface area contributed by atoms with Gasteiger partial charge in [-0.15, -0.1) is 0 Å². The Morgan fingerprint density at radius 2 is 2.31 bits per heavy atom. The number of hydrogen-bond acceptors (Lipinski definition) is 5. The molecule has 0 fully saturated rings. The minimum atomic E-state index is 0.301. The molecule has 90 valence electrons. The van der Waals surface area contributed by atoms with E-state index in [1.54, 1.807) is 20.4 Å². The Bertz CT molecular complexity index is 300. The largest absolute Gasteiger partial charge is 0.383 e. The molecule has 0 spiro atoms. The third-order valence-electron chi connectivity index (χ3n) is 2.24. The van der Waals surface area contributed by atoms with Crippen LogP contribution in [0.2, 0.25) is 0 Å². The van der Waals surface area contributed by atoms with Crippen molar-refractivity contribution in [2.45, 2.75) is 25.8 Å². The summed E-state index contributed by atoms with van der Waals surface area (Å²) >= 11 is 0. The number of nitrogens with one attached hydrogen (secondary N) is 2. The average molecular weight is 224 g/mol. The maximum absolute atomic E-state index is 5.16. The van der Waals surface area contributed by atoms with Gasteiger partial charge >= 0.3 is 0 Å². The lowest BCUT2D eigenvalue weighted by atomic mass is 10.2. The second-order valence-electron chi connectivity index (χ2n) is 3.60. The van der Waals surface area contributed by atoms with Crippen molar-refractivity contribution in [1.29, 1.82) is 0 Å². The average Bonchev–Trinajstić information content (AvgIpc) is 2.30. The summed E-state index contributed by atoms with van der Waals surface area (Å²) in [6, 6.07) is 2.16. The fourth-order valence-electron chi connectivity index (χ4n) is 1.52. The molecule has 0 aliphatic rings. The third kappa shape index (κ3) is 4.02. The zero-order chi connectivity index (χ0) is 11.8. The second-order valence-corrected chi connectivity index (χ2v) is 3.60. The Hall–Kier alpha value is -1.36. The molecule has 0 saturated heterocycles. The van der Waals surface area contributed by atoms with Crippen molar-refractivity contribution >= 4 is 11.8 Å². The van der Waals surface area contributed by atoms with Crippen molar-refractivity contribution in [1.82, 2.24) is 9.97 Å². The molecule has 16 heavy (non-hydrogen) atoms. The normalized spacial score (nSPS) is 12.2. The summed E-state index contributed by atoms with van der Waals surface area (Å²) in [5.74, 6) is 1.45. The van der Waals surface area contributed by atoms with Gasteiger partial charge in [0.15, 0.2) is 0 Å². The summed E-state index contributed by atoms with van der Waals surface area (Å²) in [4.78, 5) is 8.37. The molecule has 1 unspecified atom stereocenters. The number of methoxy groups -OCH3 is 1. The van der Waals surface area contributed by atoms with Gasteiger partial charge in [-0.3, -0.25) is 0 Å².